The van der Waals surface area contributed by atoms with Crippen LogP contribution in [0.15, 0.2) is 48.5 Å². The minimum absolute atomic E-state index is 0.0469. The van der Waals surface area contributed by atoms with Crippen LogP contribution in [-0.2, 0) is 21.5 Å². The second kappa shape index (κ2) is 12.2. The lowest BCUT2D eigenvalue weighted by molar-refractivity contribution is -0.138. The minimum atomic E-state index is -0.586. The van der Waals surface area contributed by atoms with Crippen LogP contribution in [0.4, 0.5) is 4.39 Å². The molecule has 1 aliphatic rings. The minimum Gasteiger partial charge on any atom is -0.350 e. The molecule has 2 aromatic carbocycles. The summed E-state index contributed by atoms with van der Waals surface area (Å²) in [5.74, 6) is -0.644. The first-order valence-electron chi connectivity index (χ1n) is 12.3. The molecule has 0 unspecified atom stereocenters. The number of benzene rings is 2. The molecular weight excluding hydrogens is 465 g/mol. The van der Waals surface area contributed by atoms with Crippen LogP contribution in [0.25, 0.3) is 0 Å². The largest absolute Gasteiger partial charge is 0.350 e. The molecule has 1 N–H and O–H groups in total. The predicted octanol–water partition coefficient (Wildman–Crippen LogP) is 5.76. The van der Waals surface area contributed by atoms with Crippen LogP contribution in [0.2, 0.25) is 5.02 Å². The number of likely N-dealkylation sites (tertiary alicyclic amines) is 1. The fourth-order valence-corrected chi connectivity index (χ4v) is 5.04. The van der Waals surface area contributed by atoms with Crippen molar-refractivity contribution in [1.82, 2.24) is 10.2 Å². The van der Waals surface area contributed by atoms with E-state index < -0.39 is 17.3 Å². The summed E-state index contributed by atoms with van der Waals surface area (Å²) < 4.78 is 14.0. The molecule has 2 aromatic rings. The second-order valence-electron chi connectivity index (χ2n) is 9.51. The zero-order chi connectivity index (χ0) is 25.4. The Morgan fingerprint density at radius 3 is 2.63 bits per heavy atom. The zero-order valence-electron chi connectivity index (χ0n) is 20.4. The predicted molar refractivity (Wildman–Crippen MR) is 135 cm³/mol. The highest BCUT2D eigenvalue weighted by Gasteiger charge is 2.36. The average Bonchev–Trinajstić information content (AvgIpc) is 3.34. The van der Waals surface area contributed by atoms with Gasteiger partial charge in [0.2, 0.25) is 11.8 Å². The average molecular weight is 498 g/mol. The number of carbonyl (C=O) groups excluding carboxylic acids is 2. The van der Waals surface area contributed by atoms with Gasteiger partial charge in [0.1, 0.15) is 11.9 Å². The van der Waals surface area contributed by atoms with Crippen molar-refractivity contribution in [2.24, 2.45) is 5.92 Å². The van der Waals surface area contributed by atoms with Gasteiger partial charge < -0.3 is 10.2 Å². The molecule has 1 heterocycles. The molecule has 0 spiro atoms. The molecule has 0 radical (unpaired) electrons. The summed E-state index contributed by atoms with van der Waals surface area (Å²) in [5.41, 5.74) is 0.775. The van der Waals surface area contributed by atoms with Gasteiger partial charge in [-0.25, -0.2) is 4.39 Å². The van der Waals surface area contributed by atoms with E-state index in [1.54, 1.807) is 17.0 Å². The third-order valence-electron chi connectivity index (χ3n) is 7.03. The number of amides is 2. The molecule has 0 saturated carbocycles. The molecule has 1 fully saturated rings. The van der Waals surface area contributed by atoms with Crippen molar-refractivity contribution in [2.75, 3.05) is 6.54 Å². The van der Waals surface area contributed by atoms with Crippen molar-refractivity contribution in [3.8, 4) is 6.07 Å². The smallest absolute Gasteiger partial charge is 0.243 e. The number of hydrogen-bond acceptors (Lipinski definition) is 3. The van der Waals surface area contributed by atoms with Crippen LogP contribution in [0.3, 0.4) is 0 Å². The van der Waals surface area contributed by atoms with E-state index in [0.717, 1.165) is 18.4 Å². The first-order chi connectivity index (χ1) is 16.8. The maximum atomic E-state index is 14.0. The topological polar surface area (TPSA) is 73.2 Å². The molecule has 2 atom stereocenters. The highest BCUT2D eigenvalue weighted by atomic mass is 35.5. The Hall–Kier alpha value is -2.91. The highest BCUT2D eigenvalue weighted by molar-refractivity contribution is 6.30. The molecular formula is C28H33ClFN3O2. The van der Waals surface area contributed by atoms with Crippen molar-refractivity contribution in [3.05, 3.63) is 70.5 Å². The number of nitrogens with one attached hydrogen (secondary N) is 1. The molecule has 0 bridgehead atoms. The maximum absolute atomic E-state index is 14.0. The Balaban J connectivity index is 1.52. The Bertz CT molecular complexity index is 1070. The van der Waals surface area contributed by atoms with Crippen LogP contribution in [0.1, 0.15) is 63.5 Å². The van der Waals surface area contributed by atoms with Crippen molar-refractivity contribution in [1.29, 1.82) is 5.26 Å². The van der Waals surface area contributed by atoms with Crippen molar-refractivity contribution < 1.29 is 14.0 Å². The summed E-state index contributed by atoms with van der Waals surface area (Å²) >= 11 is 5.78. The molecule has 35 heavy (non-hydrogen) atoms. The molecule has 2 amide bonds. The van der Waals surface area contributed by atoms with Crippen LogP contribution in [0, 0.1) is 23.1 Å². The third kappa shape index (κ3) is 6.41. The highest BCUT2D eigenvalue weighted by Crippen LogP contribution is 2.37. The number of rotatable bonds is 10. The standard InChI is InChI=1S/C28H33ClFN3O2/c1-20(2)28(19-31,22-9-4-3-5-10-22)15-7-6-12-26(34)33-16-8-11-25(33)27(35)32-18-21-13-14-23(29)17-24(21)30/h3-5,9-10,13-14,17,20,25H,6-8,11-12,15-16,18H2,1-2H3,(H,32,35)/t25-,28+/m1/s1. The fourth-order valence-electron chi connectivity index (χ4n) is 4.88. The zero-order valence-corrected chi connectivity index (χ0v) is 21.2. The van der Waals surface area contributed by atoms with E-state index in [9.17, 15) is 19.2 Å². The lowest BCUT2D eigenvalue weighted by atomic mass is 9.69. The molecule has 186 valence electrons. The van der Waals surface area contributed by atoms with Gasteiger partial charge in [-0.2, -0.15) is 5.26 Å². The summed E-state index contributed by atoms with van der Waals surface area (Å²) in [4.78, 5) is 27.3. The number of halogens is 2. The number of carbonyl (C=O) groups is 2. The first kappa shape index (κ1) is 26.7. The van der Waals surface area contributed by atoms with Gasteiger partial charge in [-0.15, -0.1) is 0 Å². The normalized spacial score (nSPS) is 17.1. The Morgan fingerprint density at radius 1 is 1.23 bits per heavy atom. The van der Waals surface area contributed by atoms with Crippen molar-refractivity contribution in [2.45, 2.75) is 70.4 Å². The number of nitriles is 1. The van der Waals surface area contributed by atoms with Gasteiger partial charge in [0, 0.05) is 30.1 Å². The van der Waals surface area contributed by atoms with Gasteiger partial charge in [0.05, 0.1) is 11.5 Å². The fraction of sp³-hybridized carbons (Fsp3) is 0.464. The monoisotopic (exact) mass is 497 g/mol. The molecule has 7 heteroatoms. The summed E-state index contributed by atoms with van der Waals surface area (Å²) in [5, 5.41) is 13.1. The number of unbranched alkanes of at least 4 members (excludes halogenated alkanes) is 1. The number of hydrogen-bond donors (Lipinski definition) is 1. The van der Waals surface area contributed by atoms with E-state index in [0.29, 0.717) is 42.8 Å². The quantitative estimate of drug-likeness (QED) is 0.424. The van der Waals surface area contributed by atoms with Gasteiger partial charge in [-0.05, 0) is 49.3 Å². The van der Waals surface area contributed by atoms with E-state index in [1.807, 2.05) is 30.3 Å². The summed E-state index contributed by atoms with van der Waals surface area (Å²) in [6, 6.07) is 16.2. The summed E-state index contributed by atoms with van der Waals surface area (Å²) in [6.07, 6.45) is 3.77. The SMILES string of the molecule is CC(C)[C@@](C#N)(CCCCC(=O)N1CCC[C@@H]1C(=O)NCc1ccc(Cl)cc1F)c1ccccc1. The molecule has 1 aliphatic heterocycles. The Kier molecular flexibility index (Phi) is 9.28. The van der Waals surface area contributed by atoms with E-state index in [2.05, 4.69) is 25.2 Å². The molecule has 0 aliphatic carbocycles. The van der Waals surface area contributed by atoms with Gasteiger partial charge in [-0.3, -0.25) is 9.59 Å². The third-order valence-corrected chi connectivity index (χ3v) is 7.26. The molecule has 5 nitrogen and oxygen atoms in total. The summed E-state index contributed by atoms with van der Waals surface area (Å²) in [7, 11) is 0. The van der Waals surface area contributed by atoms with Gasteiger partial charge >= 0.3 is 0 Å². The van der Waals surface area contributed by atoms with Crippen LogP contribution in [0.5, 0.6) is 0 Å². The van der Waals surface area contributed by atoms with Crippen LogP contribution >= 0.6 is 11.6 Å². The summed E-state index contributed by atoms with van der Waals surface area (Å²) in [6.45, 7) is 4.71. The molecule has 0 aromatic heterocycles. The maximum Gasteiger partial charge on any atom is 0.243 e. The van der Waals surface area contributed by atoms with Crippen LogP contribution in [-0.4, -0.2) is 29.3 Å². The van der Waals surface area contributed by atoms with Gasteiger partial charge in [-0.1, -0.05) is 68.3 Å². The van der Waals surface area contributed by atoms with E-state index in [-0.39, 0.29) is 24.3 Å². The van der Waals surface area contributed by atoms with Crippen molar-refractivity contribution in [3.63, 3.8) is 0 Å². The molecule has 1 saturated heterocycles. The Morgan fingerprint density at radius 2 is 1.97 bits per heavy atom. The number of nitrogens with zero attached hydrogens (tertiary/aromatic N) is 2. The van der Waals surface area contributed by atoms with Crippen molar-refractivity contribution >= 4 is 23.4 Å². The van der Waals surface area contributed by atoms with Gasteiger partial charge in [0.25, 0.3) is 0 Å². The second-order valence-corrected chi connectivity index (χ2v) is 9.95. The van der Waals surface area contributed by atoms with Crippen LogP contribution < -0.4 is 5.32 Å². The van der Waals surface area contributed by atoms with Gasteiger partial charge in [0.15, 0.2) is 0 Å². The van der Waals surface area contributed by atoms with E-state index in [1.165, 1.54) is 6.07 Å². The Labute approximate surface area is 212 Å². The molecule has 3 rings (SSSR count). The lowest BCUT2D eigenvalue weighted by Gasteiger charge is -2.31. The van der Waals surface area contributed by atoms with E-state index in [4.69, 9.17) is 11.6 Å². The first-order valence-corrected chi connectivity index (χ1v) is 12.6. The van der Waals surface area contributed by atoms with E-state index >= 15 is 0 Å². The lowest BCUT2D eigenvalue weighted by Crippen LogP contribution is -2.45.